The van der Waals surface area contributed by atoms with Crippen LogP contribution in [-0.2, 0) is 4.74 Å². The Morgan fingerprint density at radius 3 is 2.55 bits per heavy atom. The van der Waals surface area contributed by atoms with Crippen LogP contribution in [0.5, 0.6) is 0 Å². The maximum atomic E-state index is 15.5. The molecular weight excluding hydrogens is 533 g/mol. The summed E-state index contributed by atoms with van der Waals surface area (Å²) in [6.45, 7) is 5.69. The molecule has 0 radical (unpaired) electrons. The van der Waals surface area contributed by atoms with E-state index >= 15 is 4.39 Å². The number of halogens is 1. The minimum Gasteiger partial charge on any atom is -0.444 e. The van der Waals surface area contributed by atoms with Crippen LogP contribution in [-0.4, -0.2) is 48.2 Å². The standard InChI is InChI=1S/C32H34FN7O2/c1-32(2,3)42-31(41)39-22-13-14-23(39)16-20(15-22)18-9-11-21(12-10-18)36-30-35-17-24-27(33)28(19-7-8-19)40(29(24)38-30)26-6-4-5-25(34)37-26/h4-6,9-12,15,17,19,22-23H,7-8,13-14,16H2,1-3H3,(H2,34,37)(H,35,36,38). The van der Waals surface area contributed by atoms with E-state index in [1.807, 2.05) is 49.9 Å². The van der Waals surface area contributed by atoms with E-state index in [0.29, 0.717) is 34.3 Å². The molecule has 3 aromatic heterocycles. The van der Waals surface area contributed by atoms with Gasteiger partial charge in [0.2, 0.25) is 5.95 Å². The van der Waals surface area contributed by atoms with Crippen LogP contribution in [0.15, 0.2) is 54.7 Å². The Morgan fingerprint density at radius 1 is 1.07 bits per heavy atom. The summed E-state index contributed by atoms with van der Waals surface area (Å²) in [4.78, 5) is 28.3. The largest absolute Gasteiger partial charge is 0.444 e. The average molecular weight is 568 g/mol. The lowest BCUT2D eigenvalue weighted by molar-refractivity contribution is 0.0175. The Hall–Kier alpha value is -4.47. The molecule has 216 valence electrons. The van der Waals surface area contributed by atoms with Gasteiger partial charge in [-0.15, -0.1) is 0 Å². The minimum atomic E-state index is -0.513. The number of fused-ring (bicyclic) bond motifs is 3. The van der Waals surface area contributed by atoms with E-state index in [9.17, 15) is 4.79 Å². The minimum absolute atomic E-state index is 0.0538. The zero-order valence-corrected chi connectivity index (χ0v) is 24.0. The van der Waals surface area contributed by atoms with E-state index < -0.39 is 5.60 Å². The number of nitrogen functional groups attached to an aromatic ring is 1. The van der Waals surface area contributed by atoms with Crippen LogP contribution in [0.1, 0.15) is 70.1 Å². The number of pyridine rings is 1. The zero-order chi connectivity index (χ0) is 29.2. The molecule has 2 aliphatic heterocycles. The Kier molecular flexibility index (Phi) is 6.18. The summed E-state index contributed by atoms with van der Waals surface area (Å²) in [5.74, 6) is 1.10. The van der Waals surface area contributed by atoms with Gasteiger partial charge in [-0.1, -0.05) is 24.3 Å². The van der Waals surface area contributed by atoms with E-state index in [4.69, 9.17) is 15.5 Å². The van der Waals surface area contributed by atoms with Crippen molar-refractivity contribution in [3.63, 3.8) is 0 Å². The Bertz CT molecular complexity index is 1720. The van der Waals surface area contributed by atoms with Crippen molar-refractivity contribution in [2.24, 2.45) is 0 Å². The number of ether oxygens (including phenoxy) is 1. The molecule has 10 heteroatoms. The van der Waals surface area contributed by atoms with Crippen LogP contribution in [0, 0.1) is 5.82 Å². The monoisotopic (exact) mass is 567 g/mol. The molecule has 3 aliphatic rings. The van der Waals surface area contributed by atoms with Gasteiger partial charge < -0.3 is 15.8 Å². The molecule has 2 bridgehead atoms. The molecule has 1 amide bonds. The summed E-state index contributed by atoms with van der Waals surface area (Å²) in [7, 11) is 0. The number of anilines is 3. The first-order valence-corrected chi connectivity index (χ1v) is 14.5. The molecule has 7 rings (SSSR count). The highest BCUT2D eigenvalue weighted by molar-refractivity contribution is 5.82. The molecular formula is C32H34FN7O2. The van der Waals surface area contributed by atoms with Gasteiger partial charge in [-0.3, -0.25) is 9.47 Å². The number of rotatable bonds is 5. The summed E-state index contributed by atoms with van der Waals surface area (Å²) in [6.07, 6.45) is 8.08. The quantitative estimate of drug-likeness (QED) is 0.276. The van der Waals surface area contributed by atoms with E-state index in [1.54, 1.807) is 10.6 Å². The molecule has 0 spiro atoms. The summed E-state index contributed by atoms with van der Waals surface area (Å²) >= 11 is 0. The number of amides is 1. The topological polar surface area (TPSA) is 111 Å². The van der Waals surface area contributed by atoms with Crippen LogP contribution >= 0.6 is 0 Å². The smallest absolute Gasteiger partial charge is 0.411 e. The second-order valence-electron chi connectivity index (χ2n) is 12.4. The van der Waals surface area contributed by atoms with Crippen LogP contribution in [0.2, 0.25) is 0 Å². The Balaban J connectivity index is 1.13. The number of nitrogens with zero attached hydrogens (tertiary/aromatic N) is 5. The van der Waals surface area contributed by atoms with Crippen molar-refractivity contribution >= 4 is 40.2 Å². The maximum Gasteiger partial charge on any atom is 0.411 e. The molecule has 1 aromatic carbocycles. The number of carbonyl (C=O) groups excluding carboxylic acids is 1. The van der Waals surface area contributed by atoms with Crippen molar-refractivity contribution in [3.05, 3.63) is 71.8 Å². The third-order valence-corrected chi connectivity index (χ3v) is 8.14. The maximum absolute atomic E-state index is 15.5. The second kappa shape index (κ2) is 9.82. The SMILES string of the molecule is CC(C)(C)OC(=O)N1C2C=C(c3ccc(Nc4ncc5c(F)c(C6CC6)n(-c6cccc(N)n6)c5n4)cc3)CC1CC2. The van der Waals surface area contributed by atoms with Crippen LogP contribution < -0.4 is 11.1 Å². The first-order chi connectivity index (χ1) is 20.1. The molecule has 2 unspecified atom stereocenters. The fourth-order valence-electron chi connectivity index (χ4n) is 6.16. The molecule has 1 saturated heterocycles. The highest BCUT2D eigenvalue weighted by Gasteiger charge is 2.41. The average Bonchev–Trinajstić information content (AvgIpc) is 3.69. The van der Waals surface area contributed by atoms with Gasteiger partial charge in [-0.25, -0.2) is 19.2 Å². The Morgan fingerprint density at radius 2 is 1.86 bits per heavy atom. The first-order valence-electron chi connectivity index (χ1n) is 14.5. The molecule has 3 N–H and O–H groups in total. The van der Waals surface area contributed by atoms with Gasteiger partial charge >= 0.3 is 6.09 Å². The molecule has 4 aromatic rings. The van der Waals surface area contributed by atoms with E-state index in [2.05, 4.69) is 33.5 Å². The molecule has 5 heterocycles. The fraction of sp³-hybridized carbons (Fsp3) is 0.375. The number of nitrogens with one attached hydrogen (secondary N) is 1. The predicted octanol–water partition coefficient (Wildman–Crippen LogP) is 6.71. The van der Waals surface area contributed by atoms with Gasteiger partial charge in [0.1, 0.15) is 17.2 Å². The Labute approximate surface area is 243 Å². The summed E-state index contributed by atoms with van der Waals surface area (Å²) in [6, 6.07) is 13.6. The second-order valence-corrected chi connectivity index (χ2v) is 12.4. The van der Waals surface area contributed by atoms with Gasteiger partial charge in [0.05, 0.1) is 17.1 Å². The summed E-state index contributed by atoms with van der Waals surface area (Å²) in [5.41, 5.74) is 9.66. The van der Waals surface area contributed by atoms with Gasteiger partial charge in [0.25, 0.3) is 0 Å². The van der Waals surface area contributed by atoms with Crippen molar-refractivity contribution < 1.29 is 13.9 Å². The lowest BCUT2D eigenvalue weighted by Crippen LogP contribution is -2.45. The number of aromatic nitrogens is 4. The lowest BCUT2D eigenvalue weighted by atomic mass is 9.95. The fourth-order valence-corrected chi connectivity index (χ4v) is 6.16. The predicted molar refractivity (Wildman–Crippen MR) is 160 cm³/mol. The third-order valence-electron chi connectivity index (χ3n) is 8.14. The zero-order valence-electron chi connectivity index (χ0n) is 24.0. The molecule has 2 atom stereocenters. The molecule has 42 heavy (non-hydrogen) atoms. The summed E-state index contributed by atoms with van der Waals surface area (Å²) in [5, 5.41) is 3.63. The van der Waals surface area contributed by atoms with Crippen LogP contribution in [0.3, 0.4) is 0 Å². The van der Waals surface area contributed by atoms with Crippen molar-refractivity contribution in [2.45, 2.75) is 76.5 Å². The first kappa shape index (κ1) is 26.4. The third kappa shape index (κ3) is 4.84. The summed E-state index contributed by atoms with van der Waals surface area (Å²) < 4.78 is 23.0. The van der Waals surface area contributed by atoms with E-state index in [1.165, 1.54) is 11.8 Å². The molecule has 1 aliphatic carbocycles. The van der Waals surface area contributed by atoms with Gasteiger partial charge in [-0.05, 0) is 88.3 Å². The van der Waals surface area contributed by atoms with Crippen molar-refractivity contribution in [1.29, 1.82) is 0 Å². The van der Waals surface area contributed by atoms with Gasteiger partial charge in [-0.2, -0.15) is 4.98 Å². The molecule has 2 fully saturated rings. The normalized spacial score (nSPS) is 20.1. The highest BCUT2D eigenvalue weighted by Crippen LogP contribution is 2.45. The number of nitrogens with two attached hydrogens (primary N) is 1. The van der Waals surface area contributed by atoms with Crippen molar-refractivity contribution in [1.82, 2.24) is 24.4 Å². The highest BCUT2D eigenvalue weighted by atomic mass is 19.1. The molecule has 1 saturated carbocycles. The van der Waals surface area contributed by atoms with Crippen molar-refractivity contribution in [2.75, 3.05) is 11.1 Å². The van der Waals surface area contributed by atoms with Crippen LogP contribution in [0.4, 0.5) is 26.6 Å². The molecule has 9 nitrogen and oxygen atoms in total. The van der Waals surface area contributed by atoms with E-state index in [0.717, 1.165) is 43.4 Å². The van der Waals surface area contributed by atoms with E-state index in [-0.39, 0.29) is 29.9 Å². The van der Waals surface area contributed by atoms with Gasteiger partial charge in [0, 0.05) is 23.8 Å². The van der Waals surface area contributed by atoms with Gasteiger partial charge in [0.15, 0.2) is 11.5 Å². The van der Waals surface area contributed by atoms with Crippen LogP contribution in [0.25, 0.3) is 22.4 Å². The van der Waals surface area contributed by atoms with Crippen molar-refractivity contribution in [3.8, 4) is 5.82 Å². The number of hydrogen-bond donors (Lipinski definition) is 2. The lowest BCUT2D eigenvalue weighted by Gasteiger charge is -2.35. The number of hydrogen-bond acceptors (Lipinski definition) is 7. The number of benzene rings is 1. The number of carbonyl (C=O) groups is 1.